The largest absolute Gasteiger partial charge is 0.314 e. The standard InChI is InChI=1S/C10H22F2N2/c1-5-14(6-9(2)3)8-10(11,12)7-13-4/h9,13H,5-8H2,1-4H3. The summed E-state index contributed by atoms with van der Waals surface area (Å²) in [6, 6.07) is 0. The molecule has 0 fully saturated rings. The van der Waals surface area contributed by atoms with E-state index in [-0.39, 0.29) is 13.1 Å². The fourth-order valence-electron chi connectivity index (χ4n) is 1.46. The molecule has 4 heteroatoms. The molecule has 0 aromatic carbocycles. The highest BCUT2D eigenvalue weighted by molar-refractivity contribution is 4.74. The third-order valence-electron chi connectivity index (χ3n) is 1.96. The van der Waals surface area contributed by atoms with Gasteiger partial charge in [-0.05, 0) is 19.5 Å². The van der Waals surface area contributed by atoms with Gasteiger partial charge in [0.1, 0.15) is 0 Å². The molecule has 86 valence electrons. The molecule has 0 aliphatic heterocycles. The number of halogens is 2. The second kappa shape index (κ2) is 6.30. The van der Waals surface area contributed by atoms with E-state index in [4.69, 9.17) is 0 Å². The van der Waals surface area contributed by atoms with Crippen molar-refractivity contribution in [2.75, 3.05) is 33.2 Å². The molecule has 0 unspecified atom stereocenters. The van der Waals surface area contributed by atoms with Gasteiger partial charge in [0.25, 0.3) is 5.92 Å². The summed E-state index contributed by atoms with van der Waals surface area (Å²) < 4.78 is 26.4. The van der Waals surface area contributed by atoms with Crippen LogP contribution in [0.5, 0.6) is 0 Å². The maximum Gasteiger partial charge on any atom is 0.272 e. The Morgan fingerprint density at radius 1 is 1.36 bits per heavy atom. The molecule has 0 aromatic rings. The van der Waals surface area contributed by atoms with Gasteiger partial charge in [-0.15, -0.1) is 0 Å². The minimum atomic E-state index is -2.63. The number of nitrogens with one attached hydrogen (secondary N) is 1. The maximum absolute atomic E-state index is 13.2. The molecule has 2 nitrogen and oxygen atoms in total. The van der Waals surface area contributed by atoms with Crippen molar-refractivity contribution in [3.8, 4) is 0 Å². The van der Waals surface area contributed by atoms with Crippen LogP contribution in [0.1, 0.15) is 20.8 Å². The van der Waals surface area contributed by atoms with Crippen molar-refractivity contribution >= 4 is 0 Å². The molecule has 0 radical (unpaired) electrons. The lowest BCUT2D eigenvalue weighted by Gasteiger charge is -2.27. The Morgan fingerprint density at radius 2 is 1.93 bits per heavy atom. The highest BCUT2D eigenvalue weighted by atomic mass is 19.3. The molecule has 0 aliphatic carbocycles. The first kappa shape index (κ1) is 13.8. The zero-order chi connectivity index (χ0) is 11.2. The summed E-state index contributed by atoms with van der Waals surface area (Å²) in [5, 5.41) is 2.51. The molecular formula is C10H22F2N2. The number of rotatable bonds is 7. The molecule has 0 aromatic heterocycles. The van der Waals surface area contributed by atoms with Gasteiger partial charge >= 0.3 is 0 Å². The van der Waals surface area contributed by atoms with Crippen LogP contribution >= 0.6 is 0 Å². The Balaban J connectivity index is 4.02. The predicted molar refractivity (Wildman–Crippen MR) is 55.8 cm³/mol. The van der Waals surface area contributed by atoms with Crippen LogP contribution in [0.2, 0.25) is 0 Å². The van der Waals surface area contributed by atoms with Crippen molar-refractivity contribution in [2.45, 2.75) is 26.7 Å². The Kier molecular flexibility index (Phi) is 6.20. The van der Waals surface area contributed by atoms with Crippen LogP contribution < -0.4 is 5.32 Å². The molecule has 0 atom stereocenters. The van der Waals surface area contributed by atoms with Gasteiger partial charge in [0, 0.05) is 6.54 Å². The maximum atomic E-state index is 13.2. The van der Waals surface area contributed by atoms with Crippen molar-refractivity contribution in [3.63, 3.8) is 0 Å². The SMILES string of the molecule is CCN(CC(C)C)CC(F)(F)CNC. The highest BCUT2D eigenvalue weighted by Crippen LogP contribution is 2.14. The van der Waals surface area contributed by atoms with Crippen LogP contribution in [0.25, 0.3) is 0 Å². The molecule has 0 saturated carbocycles. The van der Waals surface area contributed by atoms with Gasteiger partial charge in [0.15, 0.2) is 0 Å². The Labute approximate surface area is 85.7 Å². The van der Waals surface area contributed by atoms with E-state index < -0.39 is 5.92 Å². The molecule has 0 amide bonds. The fourth-order valence-corrected chi connectivity index (χ4v) is 1.46. The average Bonchev–Trinajstić information content (AvgIpc) is 2.01. The van der Waals surface area contributed by atoms with Crippen molar-refractivity contribution in [1.82, 2.24) is 10.2 Å². The van der Waals surface area contributed by atoms with Gasteiger partial charge in [0.05, 0.1) is 13.1 Å². The second-order valence-electron chi connectivity index (χ2n) is 4.11. The summed E-state index contributed by atoms with van der Waals surface area (Å²) in [5.74, 6) is -2.19. The third kappa shape index (κ3) is 6.27. The summed E-state index contributed by atoms with van der Waals surface area (Å²) in [7, 11) is 1.55. The van der Waals surface area contributed by atoms with Crippen molar-refractivity contribution < 1.29 is 8.78 Å². The smallest absolute Gasteiger partial charge is 0.272 e. The normalized spacial score (nSPS) is 12.9. The van der Waals surface area contributed by atoms with Gasteiger partial charge in [-0.1, -0.05) is 20.8 Å². The predicted octanol–water partition coefficient (Wildman–Crippen LogP) is 1.82. The fraction of sp³-hybridized carbons (Fsp3) is 1.00. The Hall–Kier alpha value is -0.220. The van der Waals surface area contributed by atoms with E-state index in [1.165, 1.54) is 0 Å². The van der Waals surface area contributed by atoms with Crippen molar-refractivity contribution in [2.24, 2.45) is 5.92 Å². The van der Waals surface area contributed by atoms with Crippen LogP contribution in [0.4, 0.5) is 8.78 Å². The molecule has 0 bridgehead atoms. The van der Waals surface area contributed by atoms with E-state index in [0.717, 1.165) is 6.54 Å². The molecule has 0 rings (SSSR count). The van der Waals surface area contributed by atoms with E-state index in [1.807, 2.05) is 20.8 Å². The zero-order valence-corrected chi connectivity index (χ0v) is 9.61. The second-order valence-corrected chi connectivity index (χ2v) is 4.11. The van der Waals surface area contributed by atoms with E-state index in [0.29, 0.717) is 12.5 Å². The van der Waals surface area contributed by atoms with E-state index >= 15 is 0 Å². The number of nitrogens with zero attached hydrogens (tertiary/aromatic N) is 1. The molecule has 0 aliphatic rings. The van der Waals surface area contributed by atoms with Gasteiger partial charge in [-0.25, -0.2) is 8.78 Å². The first-order valence-corrected chi connectivity index (χ1v) is 5.16. The third-order valence-corrected chi connectivity index (χ3v) is 1.96. The zero-order valence-electron chi connectivity index (χ0n) is 9.61. The topological polar surface area (TPSA) is 15.3 Å². The van der Waals surface area contributed by atoms with Crippen molar-refractivity contribution in [1.29, 1.82) is 0 Å². The van der Waals surface area contributed by atoms with Crippen LogP contribution in [-0.2, 0) is 0 Å². The molecule has 1 N–H and O–H groups in total. The quantitative estimate of drug-likeness (QED) is 0.686. The summed E-state index contributed by atoms with van der Waals surface area (Å²) in [6.07, 6.45) is 0. The first-order valence-electron chi connectivity index (χ1n) is 5.16. The van der Waals surface area contributed by atoms with Gasteiger partial charge < -0.3 is 5.32 Å². The van der Waals surface area contributed by atoms with E-state index in [2.05, 4.69) is 5.32 Å². The lowest BCUT2D eigenvalue weighted by atomic mass is 10.2. The molecule has 0 heterocycles. The monoisotopic (exact) mass is 208 g/mol. The average molecular weight is 208 g/mol. The number of alkyl halides is 2. The summed E-state index contributed by atoms with van der Waals surface area (Å²) in [5.41, 5.74) is 0. The molecule has 14 heavy (non-hydrogen) atoms. The Morgan fingerprint density at radius 3 is 2.29 bits per heavy atom. The van der Waals surface area contributed by atoms with Crippen LogP contribution in [0.3, 0.4) is 0 Å². The lowest BCUT2D eigenvalue weighted by molar-refractivity contribution is -0.0301. The van der Waals surface area contributed by atoms with Crippen molar-refractivity contribution in [3.05, 3.63) is 0 Å². The van der Waals surface area contributed by atoms with Gasteiger partial charge in [-0.3, -0.25) is 4.90 Å². The minimum Gasteiger partial charge on any atom is -0.314 e. The van der Waals surface area contributed by atoms with Crippen LogP contribution in [0.15, 0.2) is 0 Å². The summed E-state index contributed by atoms with van der Waals surface area (Å²) in [6.45, 7) is 7.01. The first-order chi connectivity index (χ1) is 6.41. The molecule has 0 saturated heterocycles. The van der Waals surface area contributed by atoms with E-state index in [1.54, 1.807) is 11.9 Å². The number of hydrogen-bond donors (Lipinski definition) is 1. The summed E-state index contributed by atoms with van der Waals surface area (Å²) >= 11 is 0. The molecule has 0 spiro atoms. The summed E-state index contributed by atoms with van der Waals surface area (Å²) in [4.78, 5) is 1.79. The van der Waals surface area contributed by atoms with Crippen LogP contribution in [-0.4, -0.2) is 44.0 Å². The number of hydrogen-bond acceptors (Lipinski definition) is 2. The van der Waals surface area contributed by atoms with Crippen LogP contribution in [0, 0.1) is 5.92 Å². The van der Waals surface area contributed by atoms with Gasteiger partial charge in [0.2, 0.25) is 0 Å². The lowest BCUT2D eigenvalue weighted by Crippen LogP contribution is -2.43. The minimum absolute atomic E-state index is 0.150. The van der Waals surface area contributed by atoms with E-state index in [9.17, 15) is 8.78 Å². The molecular weight excluding hydrogens is 186 g/mol. The Bertz CT molecular complexity index is 149. The highest BCUT2D eigenvalue weighted by Gasteiger charge is 2.30. The van der Waals surface area contributed by atoms with Gasteiger partial charge in [-0.2, -0.15) is 0 Å².